The molecule has 0 heterocycles. The molecule has 0 rings (SSSR count). The van der Waals surface area contributed by atoms with E-state index in [1.54, 1.807) is 0 Å². The highest BCUT2D eigenvalue weighted by Crippen LogP contribution is 2.18. The van der Waals surface area contributed by atoms with Crippen LogP contribution < -0.4 is 0 Å². The lowest BCUT2D eigenvalue weighted by atomic mass is 10.0. The van der Waals surface area contributed by atoms with Crippen LogP contribution in [0.5, 0.6) is 0 Å². The van der Waals surface area contributed by atoms with Crippen LogP contribution in [0, 0.1) is 0 Å². The monoisotopic (exact) mass is 985 g/mol. The highest BCUT2D eigenvalue weighted by atomic mass is 16.6. The van der Waals surface area contributed by atoms with Crippen LogP contribution in [0.4, 0.5) is 0 Å². The molecule has 0 aromatic heterocycles. The Labute approximate surface area is 436 Å². The number of rotatable bonds is 58. The smallest absolute Gasteiger partial charge is 0.306 e. The fourth-order valence-corrected chi connectivity index (χ4v) is 9.44. The molecule has 1 unspecified atom stereocenters. The Hall–Kier alpha value is -2.11. The first-order chi connectivity index (χ1) is 34.5. The lowest BCUT2D eigenvalue weighted by Gasteiger charge is -2.18. The van der Waals surface area contributed by atoms with Crippen molar-refractivity contribution >= 4 is 17.9 Å². The zero-order chi connectivity index (χ0) is 50.7. The van der Waals surface area contributed by atoms with Crippen molar-refractivity contribution in [1.29, 1.82) is 0 Å². The van der Waals surface area contributed by atoms with Crippen molar-refractivity contribution in [2.75, 3.05) is 13.2 Å². The summed E-state index contributed by atoms with van der Waals surface area (Å²) in [6, 6.07) is 0. The van der Waals surface area contributed by atoms with Crippen LogP contribution >= 0.6 is 0 Å². The third-order valence-electron chi connectivity index (χ3n) is 14.2. The molecule has 0 N–H and O–H groups in total. The van der Waals surface area contributed by atoms with Gasteiger partial charge in [0.15, 0.2) is 6.10 Å². The predicted molar refractivity (Wildman–Crippen MR) is 303 cm³/mol. The molecule has 0 aromatic carbocycles. The molecule has 0 radical (unpaired) electrons. The second-order valence-corrected chi connectivity index (χ2v) is 21.3. The Morgan fingerprint density at radius 3 is 0.743 bits per heavy atom. The standard InChI is InChI=1S/C64H120O6/c1-4-7-10-13-16-19-22-25-27-28-29-30-31-32-33-34-35-36-37-38-40-42-45-48-51-54-57-63(66)69-60-61(59-68-62(65)56-53-50-47-44-41-24-21-18-15-12-9-6-3)70-64(67)58-55-52-49-46-43-39-26-23-20-17-14-11-8-5-2/h18,21,23,26,61H,4-17,19-20,22,24-25,27-60H2,1-3H3/b21-18-,26-23-. The number of carbonyl (C=O) groups excluding carboxylic acids is 3. The van der Waals surface area contributed by atoms with E-state index in [9.17, 15) is 14.4 Å². The number of unbranched alkanes of at least 4 members (excludes halogenated alkanes) is 43. The van der Waals surface area contributed by atoms with Gasteiger partial charge in [0.1, 0.15) is 13.2 Å². The summed E-state index contributed by atoms with van der Waals surface area (Å²) in [4.78, 5) is 38.2. The molecule has 0 aliphatic rings. The van der Waals surface area contributed by atoms with Crippen molar-refractivity contribution in [1.82, 2.24) is 0 Å². The number of esters is 3. The van der Waals surface area contributed by atoms with E-state index in [0.717, 1.165) is 70.6 Å². The van der Waals surface area contributed by atoms with Gasteiger partial charge in [-0.1, -0.05) is 283 Å². The van der Waals surface area contributed by atoms with E-state index in [4.69, 9.17) is 14.2 Å². The molecule has 0 bridgehead atoms. The Balaban J connectivity index is 4.17. The van der Waals surface area contributed by atoms with Gasteiger partial charge in [0.05, 0.1) is 0 Å². The van der Waals surface area contributed by atoms with Gasteiger partial charge >= 0.3 is 17.9 Å². The van der Waals surface area contributed by atoms with Gasteiger partial charge in [0.2, 0.25) is 0 Å². The summed E-state index contributed by atoms with van der Waals surface area (Å²) in [5.41, 5.74) is 0. The zero-order valence-corrected chi connectivity index (χ0v) is 47.3. The van der Waals surface area contributed by atoms with Gasteiger partial charge in [-0.05, 0) is 70.6 Å². The highest BCUT2D eigenvalue weighted by molar-refractivity contribution is 5.71. The Morgan fingerprint density at radius 2 is 0.471 bits per heavy atom. The summed E-state index contributed by atoms with van der Waals surface area (Å²) in [5, 5.41) is 0. The van der Waals surface area contributed by atoms with Gasteiger partial charge < -0.3 is 14.2 Å². The second-order valence-electron chi connectivity index (χ2n) is 21.3. The normalized spacial score (nSPS) is 12.1. The molecule has 0 spiro atoms. The van der Waals surface area contributed by atoms with Gasteiger partial charge in [-0.15, -0.1) is 0 Å². The van der Waals surface area contributed by atoms with Crippen LogP contribution in [0.3, 0.4) is 0 Å². The van der Waals surface area contributed by atoms with E-state index >= 15 is 0 Å². The number of hydrogen-bond donors (Lipinski definition) is 0. The molecule has 0 aliphatic carbocycles. The molecule has 0 saturated carbocycles. The molecular formula is C64H120O6. The van der Waals surface area contributed by atoms with Crippen LogP contribution in [0.15, 0.2) is 24.3 Å². The van der Waals surface area contributed by atoms with Crippen LogP contribution in [0.1, 0.15) is 348 Å². The maximum atomic E-state index is 12.8. The molecule has 70 heavy (non-hydrogen) atoms. The maximum absolute atomic E-state index is 12.8. The van der Waals surface area contributed by atoms with Crippen LogP contribution in [0.2, 0.25) is 0 Å². The number of allylic oxidation sites excluding steroid dienone is 4. The van der Waals surface area contributed by atoms with Crippen molar-refractivity contribution < 1.29 is 28.6 Å². The Bertz CT molecular complexity index is 1130. The molecule has 6 heteroatoms. The maximum Gasteiger partial charge on any atom is 0.306 e. The fraction of sp³-hybridized carbons (Fsp3) is 0.891. The average Bonchev–Trinajstić information content (AvgIpc) is 3.36. The number of ether oxygens (including phenoxy) is 3. The van der Waals surface area contributed by atoms with E-state index in [1.165, 1.54) is 238 Å². The highest BCUT2D eigenvalue weighted by Gasteiger charge is 2.19. The Morgan fingerprint density at radius 1 is 0.271 bits per heavy atom. The first-order valence-corrected chi connectivity index (χ1v) is 31.3. The third-order valence-corrected chi connectivity index (χ3v) is 14.2. The topological polar surface area (TPSA) is 78.9 Å². The van der Waals surface area contributed by atoms with E-state index in [-0.39, 0.29) is 31.1 Å². The first-order valence-electron chi connectivity index (χ1n) is 31.3. The van der Waals surface area contributed by atoms with Crippen molar-refractivity contribution in [2.24, 2.45) is 0 Å². The fourth-order valence-electron chi connectivity index (χ4n) is 9.44. The number of hydrogen-bond acceptors (Lipinski definition) is 6. The lowest BCUT2D eigenvalue weighted by Crippen LogP contribution is -2.30. The van der Waals surface area contributed by atoms with Gasteiger partial charge in [-0.25, -0.2) is 0 Å². The quantitative estimate of drug-likeness (QED) is 0.0261. The molecule has 0 fully saturated rings. The summed E-state index contributed by atoms with van der Waals surface area (Å²) in [6.45, 7) is 6.65. The van der Waals surface area contributed by atoms with Gasteiger partial charge in [-0.2, -0.15) is 0 Å². The van der Waals surface area contributed by atoms with Crippen LogP contribution in [0.25, 0.3) is 0 Å². The predicted octanol–water partition coefficient (Wildman–Crippen LogP) is 21.1. The molecule has 412 valence electrons. The molecule has 6 nitrogen and oxygen atoms in total. The summed E-state index contributed by atoms with van der Waals surface area (Å²) < 4.78 is 16.9. The summed E-state index contributed by atoms with van der Waals surface area (Å²) in [5.74, 6) is -0.870. The molecule has 1 atom stereocenters. The summed E-state index contributed by atoms with van der Waals surface area (Å²) in [7, 11) is 0. The van der Waals surface area contributed by atoms with Crippen molar-refractivity contribution in [2.45, 2.75) is 354 Å². The summed E-state index contributed by atoms with van der Waals surface area (Å²) >= 11 is 0. The lowest BCUT2D eigenvalue weighted by molar-refractivity contribution is -0.167. The zero-order valence-electron chi connectivity index (χ0n) is 47.3. The third kappa shape index (κ3) is 56.8. The van der Waals surface area contributed by atoms with E-state index in [2.05, 4.69) is 45.1 Å². The second kappa shape index (κ2) is 59.5. The SMILES string of the molecule is CCCCC/C=C\CCCCCCCC(=O)OCC(COC(=O)CCCCCCCCCCCCCCCCCCCCCCCCCCCC)OC(=O)CCCCCCC/C=C\CCCCCCC. The van der Waals surface area contributed by atoms with Gasteiger partial charge in [-0.3, -0.25) is 14.4 Å². The van der Waals surface area contributed by atoms with E-state index in [1.807, 2.05) is 0 Å². The van der Waals surface area contributed by atoms with Crippen LogP contribution in [-0.2, 0) is 28.6 Å². The molecule has 0 aliphatic heterocycles. The minimum absolute atomic E-state index is 0.0728. The first kappa shape index (κ1) is 67.9. The largest absolute Gasteiger partial charge is 0.462 e. The minimum atomic E-state index is -0.775. The van der Waals surface area contributed by atoms with E-state index in [0.29, 0.717) is 19.3 Å². The molecule has 0 aromatic rings. The molecular weight excluding hydrogens is 865 g/mol. The molecule has 0 amide bonds. The van der Waals surface area contributed by atoms with Crippen molar-refractivity contribution in [3.05, 3.63) is 24.3 Å². The van der Waals surface area contributed by atoms with Crippen molar-refractivity contribution in [3.63, 3.8) is 0 Å². The number of carbonyl (C=O) groups is 3. The average molecular weight is 986 g/mol. The Kier molecular flexibility index (Phi) is 57.7. The summed E-state index contributed by atoms with van der Waals surface area (Å²) in [6.07, 6.45) is 70.5. The molecule has 0 saturated heterocycles. The minimum Gasteiger partial charge on any atom is -0.462 e. The van der Waals surface area contributed by atoms with Crippen LogP contribution in [-0.4, -0.2) is 37.2 Å². The van der Waals surface area contributed by atoms with E-state index < -0.39 is 6.10 Å². The van der Waals surface area contributed by atoms with Gasteiger partial charge in [0.25, 0.3) is 0 Å². The van der Waals surface area contributed by atoms with Gasteiger partial charge in [0, 0.05) is 19.3 Å². The van der Waals surface area contributed by atoms with Crippen molar-refractivity contribution in [3.8, 4) is 0 Å².